The molecule has 0 saturated heterocycles. The highest BCUT2D eigenvalue weighted by Gasteiger charge is 2.33. The smallest absolute Gasteiger partial charge is 0.370 e. The van der Waals surface area contributed by atoms with Crippen molar-refractivity contribution in [2.24, 2.45) is 5.73 Å². The van der Waals surface area contributed by atoms with E-state index < -0.39 is 11.7 Å². The fraction of sp³-hybridized carbons (Fsp3) is 0.385. The van der Waals surface area contributed by atoms with Crippen molar-refractivity contribution >= 4 is 11.7 Å². The Balaban J connectivity index is 2.56. The van der Waals surface area contributed by atoms with Crippen molar-refractivity contribution < 1.29 is 18.0 Å². The van der Waals surface area contributed by atoms with Crippen LogP contribution in [0.5, 0.6) is 0 Å². The van der Waals surface area contributed by atoms with Crippen LogP contribution in [0.15, 0.2) is 24.3 Å². The molecule has 110 valence electrons. The summed E-state index contributed by atoms with van der Waals surface area (Å²) in [6.07, 6.45) is -4.12. The summed E-state index contributed by atoms with van der Waals surface area (Å²) in [5.41, 5.74) is 4.28. The molecule has 7 heteroatoms. The molecule has 0 amide bonds. The molecule has 4 N–H and O–H groups in total. The molecule has 0 atom stereocenters. The molecular formula is C13H16F3N3O. The molecule has 0 unspecified atom stereocenters. The third-order valence-corrected chi connectivity index (χ3v) is 2.66. The van der Waals surface area contributed by atoms with Gasteiger partial charge in [0.05, 0.1) is 5.56 Å². The maximum Gasteiger partial charge on any atom is 0.416 e. The molecule has 0 heterocycles. The van der Waals surface area contributed by atoms with Gasteiger partial charge in [-0.1, -0.05) is 18.2 Å². The summed E-state index contributed by atoms with van der Waals surface area (Å²) in [5.74, 6) is -0.466. The van der Waals surface area contributed by atoms with E-state index in [4.69, 9.17) is 11.1 Å². The lowest BCUT2D eigenvalue weighted by Crippen LogP contribution is -2.31. The fourth-order valence-electron chi connectivity index (χ4n) is 1.76. The van der Waals surface area contributed by atoms with Crippen molar-refractivity contribution in [3.63, 3.8) is 0 Å². The van der Waals surface area contributed by atoms with Gasteiger partial charge in [-0.3, -0.25) is 10.2 Å². The predicted octanol–water partition coefficient (Wildman–Crippen LogP) is 2.08. The molecule has 1 aromatic carbocycles. The van der Waals surface area contributed by atoms with Crippen LogP contribution >= 0.6 is 0 Å². The highest BCUT2D eigenvalue weighted by Crippen LogP contribution is 2.32. The Morgan fingerprint density at radius 2 is 1.95 bits per heavy atom. The van der Waals surface area contributed by atoms with E-state index in [-0.39, 0.29) is 30.1 Å². The number of halogens is 3. The number of ketones is 1. The van der Waals surface area contributed by atoms with Gasteiger partial charge >= 0.3 is 6.18 Å². The number of hydrogen-bond acceptors (Lipinski definition) is 2. The number of rotatable bonds is 6. The molecule has 0 aromatic heterocycles. The maximum absolute atomic E-state index is 12.7. The summed E-state index contributed by atoms with van der Waals surface area (Å²) in [4.78, 5) is 11.7. The van der Waals surface area contributed by atoms with E-state index in [0.29, 0.717) is 13.0 Å². The van der Waals surface area contributed by atoms with Crippen LogP contribution in [0.2, 0.25) is 0 Å². The van der Waals surface area contributed by atoms with Gasteiger partial charge in [0, 0.05) is 19.4 Å². The van der Waals surface area contributed by atoms with Gasteiger partial charge in [-0.25, -0.2) is 0 Å². The number of nitrogens with two attached hydrogens (primary N) is 1. The summed E-state index contributed by atoms with van der Waals surface area (Å²) in [7, 11) is 0. The van der Waals surface area contributed by atoms with Crippen molar-refractivity contribution in [3.05, 3.63) is 35.4 Å². The topological polar surface area (TPSA) is 79.0 Å². The van der Waals surface area contributed by atoms with Gasteiger partial charge in [-0.05, 0) is 18.1 Å². The molecule has 0 bridgehead atoms. The minimum absolute atomic E-state index is 0.00970. The van der Waals surface area contributed by atoms with E-state index in [1.165, 1.54) is 18.2 Å². The second-order valence-corrected chi connectivity index (χ2v) is 4.31. The number of nitrogens with one attached hydrogen (secondary N) is 2. The van der Waals surface area contributed by atoms with Gasteiger partial charge in [-0.2, -0.15) is 13.2 Å². The molecule has 0 aliphatic rings. The Hall–Kier alpha value is -2.05. The monoisotopic (exact) mass is 287 g/mol. The number of benzene rings is 1. The largest absolute Gasteiger partial charge is 0.416 e. The van der Waals surface area contributed by atoms with Crippen LogP contribution in [0.4, 0.5) is 13.2 Å². The zero-order chi connectivity index (χ0) is 15.2. The zero-order valence-electron chi connectivity index (χ0n) is 10.8. The standard InChI is InChI=1S/C13H16F3N3O/c14-13(15,16)11-6-2-1-4-9(11)8-10(20)5-3-7-19-12(17)18/h1-2,4,6H,3,5,7-8H2,(H4,17,18,19). The molecule has 0 aliphatic carbocycles. The van der Waals surface area contributed by atoms with Gasteiger partial charge in [0.1, 0.15) is 5.78 Å². The second-order valence-electron chi connectivity index (χ2n) is 4.31. The number of guanidine groups is 1. The molecule has 1 aromatic rings. The molecular weight excluding hydrogens is 271 g/mol. The summed E-state index contributed by atoms with van der Waals surface area (Å²) >= 11 is 0. The van der Waals surface area contributed by atoms with E-state index in [1.807, 2.05) is 0 Å². The number of carbonyl (C=O) groups is 1. The minimum Gasteiger partial charge on any atom is -0.370 e. The van der Waals surface area contributed by atoms with Gasteiger partial charge < -0.3 is 11.1 Å². The molecule has 1 rings (SSSR count). The first-order chi connectivity index (χ1) is 9.30. The minimum atomic E-state index is -4.45. The molecule has 4 nitrogen and oxygen atoms in total. The van der Waals surface area contributed by atoms with Crippen LogP contribution < -0.4 is 11.1 Å². The van der Waals surface area contributed by atoms with Crippen LogP contribution in [-0.2, 0) is 17.4 Å². The van der Waals surface area contributed by atoms with Gasteiger partial charge in [0.25, 0.3) is 0 Å². The van der Waals surface area contributed by atoms with E-state index >= 15 is 0 Å². The van der Waals surface area contributed by atoms with Crippen molar-refractivity contribution in [1.29, 1.82) is 5.41 Å². The van der Waals surface area contributed by atoms with Crippen molar-refractivity contribution in [2.45, 2.75) is 25.4 Å². The number of alkyl halides is 3. The van der Waals surface area contributed by atoms with E-state index in [9.17, 15) is 18.0 Å². The lowest BCUT2D eigenvalue weighted by molar-refractivity contribution is -0.138. The summed E-state index contributed by atoms with van der Waals surface area (Å²) in [6, 6.07) is 5.07. The molecule has 0 spiro atoms. The third kappa shape index (κ3) is 5.29. The summed E-state index contributed by atoms with van der Waals surface area (Å²) < 4.78 is 38.2. The highest BCUT2D eigenvalue weighted by molar-refractivity contribution is 5.81. The molecule has 20 heavy (non-hydrogen) atoms. The number of Topliss-reactive ketones (excluding diaryl/α,β-unsaturated/α-hetero) is 1. The van der Waals surface area contributed by atoms with Crippen molar-refractivity contribution in [1.82, 2.24) is 5.32 Å². The predicted molar refractivity (Wildman–Crippen MR) is 69.3 cm³/mol. The van der Waals surface area contributed by atoms with Gasteiger partial charge in [0.15, 0.2) is 5.96 Å². The second kappa shape index (κ2) is 6.93. The maximum atomic E-state index is 12.7. The van der Waals surface area contributed by atoms with E-state index in [0.717, 1.165) is 6.07 Å². The first-order valence-electron chi connectivity index (χ1n) is 6.05. The first-order valence-corrected chi connectivity index (χ1v) is 6.05. The van der Waals surface area contributed by atoms with Crippen LogP contribution in [0, 0.1) is 5.41 Å². The highest BCUT2D eigenvalue weighted by atomic mass is 19.4. The lowest BCUT2D eigenvalue weighted by Gasteiger charge is -2.12. The average Bonchev–Trinajstić information content (AvgIpc) is 2.34. The quantitative estimate of drug-likeness (QED) is 0.426. The zero-order valence-corrected chi connectivity index (χ0v) is 10.8. The Morgan fingerprint density at radius 1 is 1.30 bits per heavy atom. The Morgan fingerprint density at radius 3 is 2.55 bits per heavy atom. The van der Waals surface area contributed by atoms with Crippen LogP contribution in [0.25, 0.3) is 0 Å². The van der Waals surface area contributed by atoms with E-state index in [2.05, 4.69) is 5.32 Å². The normalized spacial score (nSPS) is 11.2. The Bertz CT molecular complexity index is 486. The van der Waals surface area contributed by atoms with E-state index in [1.54, 1.807) is 0 Å². The van der Waals surface area contributed by atoms with Gasteiger partial charge in [-0.15, -0.1) is 0 Å². The summed E-state index contributed by atoms with van der Waals surface area (Å²) in [6.45, 7) is 0.349. The van der Waals surface area contributed by atoms with Crippen LogP contribution in [0.1, 0.15) is 24.0 Å². The first kappa shape index (κ1) is 16.0. The number of carbonyl (C=O) groups excluding carboxylic acids is 1. The molecule has 0 aliphatic heterocycles. The molecule has 0 radical (unpaired) electrons. The van der Waals surface area contributed by atoms with Gasteiger partial charge in [0.2, 0.25) is 0 Å². The Kier molecular flexibility index (Phi) is 5.54. The fourth-order valence-corrected chi connectivity index (χ4v) is 1.76. The lowest BCUT2D eigenvalue weighted by atomic mass is 10.00. The Labute approximate surface area is 114 Å². The van der Waals surface area contributed by atoms with Crippen molar-refractivity contribution in [2.75, 3.05) is 6.54 Å². The van der Waals surface area contributed by atoms with Crippen LogP contribution in [0.3, 0.4) is 0 Å². The third-order valence-electron chi connectivity index (χ3n) is 2.66. The van der Waals surface area contributed by atoms with Crippen molar-refractivity contribution in [3.8, 4) is 0 Å². The SMILES string of the molecule is N=C(N)NCCCC(=O)Cc1ccccc1C(F)(F)F. The average molecular weight is 287 g/mol. The van der Waals surface area contributed by atoms with Crippen LogP contribution in [-0.4, -0.2) is 18.3 Å². The molecule has 0 saturated carbocycles. The molecule has 0 fully saturated rings. The summed E-state index contributed by atoms with van der Waals surface area (Å²) in [5, 5.41) is 9.44. The number of hydrogen-bond donors (Lipinski definition) is 3.